The van der Waals surface area contributed by atoms with Gasteiger partial charge < -0.3 is 9.84 Å². The smallest absolute Gasteiger partial charge is 0.417 e. The zero-order chi connectivity index (χ0) is 20.0. The average Bonchev–Trinajstić information content (AvgIpc) is 3.07. The summed E-state index contributed by atoms with van der Waals surface area (Å²) < 4.78 is 5.25. The van der Waals surface area contributed by atoms with Crippen LogP contribution in [0.15, 0.2) is 78.2 Å². The number of carbonyl (C=O) groups excluding carboxylic acids is 2. The first-order valence-corrected chi connectivity index (χ1v) is 10.1. The summed E-state index contributed by atoms with van der Waals surface area (Å²) in [6.45, 7) is 0.0938. The summed E-state index contributed by atoms with van der Waals surface area (Å²) in [4.78, 5) is 28.5. The number of benzene rings is 2. The van der Waals surface area contributed by atoms with Gasteiger partial charge in [-0.15, -0.1) is 11.3 Å². The Hall–Kier alpha value is -3.38. The van der Waals surface area contributed by atoms with Gasteiger partial charge in [0.05, 0.1) is 0 Å². The fourth-order valence-corrected chi connectivity index (χ4v) is 4.78. The predicted octanol–water partition coefficient (Wildman–Crippen LogP) is 4.51. The van der Waals surface area contributed by atoms with Gasteiger partial charge in [-0.1, -0.05) is 54.6 Å². The molecule has 2 atom stereocenters. The quantitative estimate of drug-likeness (QED) is 0.696. The maximum absolute atomic E-state index is 13.8. The van der Waals surface area contributed by atoms with Crippen LogP contribution in [0.3, 0.4) is 0 Å². The molecule has 0 saturated carbocycles. The van der Waals surface area contributed by atoms with Crippen LogP contribution < -0.4 is 0 Å². The molecular formula is C23H17NO4S. The van der Waals surface area contributed by atoms with Crippen molar-refractivity contribution in [2.24, 2.45) is 0 Å². The summed E-state index contributed by atoms with van der Waals surface area (Å²) in [6, 6.07) is 19.5. The summed E-state index contributed by atoms with van der Waals surface area (Å²) in [5, 5.41) is 11.5. The first-order chi connectivity index (χ1) is 14.1. The predicted molar refractivity (Wildman–Crippen MR) is 109 cm³/mol. The fourth-order valence-electron chi connectivity index (χ4n) is 3.88. The summed E-state index contributed by atoms with van der Waals surface area (Å²) in [6.07, 6.45) is 1.28. The van der Waals surface area contributed by atoms with Crippen molar-refractivity contribution in [3.8, 4) is 5.75 Å². The number of imide groups is 1. The molecule has 1 saturated heterocycles. The molecule has 0 unspecified atom stereocenters. The van der Waals surface area contributed by atoms with Crippen LogP contribution in [0, 0.1) is 0 Å². The Balaban J connectivity index is 1.54. The van der Waals surface area contributed by atoms with Crippen molar-refractivity contribution < 1.29 is 19.4 Å². The Kier molecular flexibility index (Phi) is 4.03. The van der Waals surface area contributed by atoms with Gasteiger partial charge in [0.2, 0.25) is 0 Å². The van der Waals surface area contributed by atoms with E-state index in [1.807, 2.05) is 53.9 Å². The lowest BCUT2D eigenvalue weighted by Gasteiger charge is -2.26. The third-order valence-corrected chi connectivity index (χ3v) is 6.41. The van der Waals surface area contributed by atoms with E-state index in [1.54, 1.807) is 24.3 Å². The summed E-state index contributed by atoms with van der Waals surface area (Å²) in [5.41, 5.74) is 1.65. The molecule has 1 aromatic heterocycles. The zero-order valence-electron chi connectivity index (χ0n) is 15.3. The van der Waals surface area contributed by atoms with Crippen molar-refractivity contribution in [2.75, 3.05) is 6.61 Å². The van der Waals surface area contributed by atoms with Crippen LogP contribution in [0.4, 0.5) is 4.79 Å². The minimum Gasteiger partial charge on any atom is -0.508 e. The number of carbonyl (C=O) groups is 2. The number of amides is 2. The van der Waals surface area contributed by atoms with Gasteiger partial charge in [0.1, 0.15) is 23.8 Å². The highest BCUT2D eigenvalue weighted by atomic mass is 32.1. The van der Waals surface area contributed by atoms with E-state index in [9.17, 15) is 14.7 Å². The second kappa shape index (κ2) is 6.60. The molecule has 0 spiro atoms. The monoisotopic (exact) mass is 403 g/mol. The summed E-state index contributed by atoms with van der Waals surface area (Å²) >= 11 is 1.49. The van der Waals surface area contributed by atoms with Crippen molar-refractivity contribution in [3.63, 3.8) is 0 Å². The van der Waals surface area contributed by atoms with E-state index < -0.39 is 17.6 Å². The van der Waals surface area contributed by atoms with Gasteiger partial charge in [-0.25, -0.2) is 9.69 Å². The van der Waals surface area contributed by atoms with Gasteiger partial charge in [-0.3, -0.25) is 4.79 Å². The molecular weight excluding hydrogens is 386 g/mol. The van der Waals surface area contributed by atoms with Gasteiger partial charge in [-0.05, 0) is 40.3 Å². The maximum atomic E-state index is 13.8. The summed E-state index contributed by atoms with van der Waals surface area (Å²) in [5.74, 6) is -0.179. The van der Waals surface area contributed by atoms with E-state index in [0.717, 1.165) is 21.6 Å². The first-order valence-electron chi connectivity index (χ1n) is 9.23. The number of thiophene rings is 1. The van der Waals surface area contributed by atoms with Crippen LogP contribution in [-0.4, -0.2) is 28.6 Å². The zero-order valence-corrected chi connectivity index (χ0v) is 16.1. The molecule has 0 bridgehead atoms. The molecule has 2 heterocycles. The third kappa shape index (κ3) is 2.76. The van der Waals surface area contributed by atoms with Gasteiger partial charge in [0.15, 0.2) is 0 Å². The molecule has 29 heavy (non-hydrogen) atoms. The molecule has 5 rings (SSSR count). The number of hydrogen-bond acceptors (Lipinski definition) is 5. The van der Waals surface area contributed by atoms with Crippen molar-refractivity contribution >= 4 is 28.9 Å². The Bertz CT molecular complexity index is 1110. The summed E-state index contributed by atoms with van der Waals surface area (Å²) in [7, 11) is 0. The molecule has 0 radical (unpaired) electrons. The van der Waals surface area contributed by atoms with E-state index in [-0.39, 0.29) is 18.3 Å². The lowest BCUT2D eigenvalue weighted by molar-refractivity contribution is -0.130. The van der Waals surface area contributed by atoms with Crippen molar-refractivity contribution in [1.82, 2.24) is 4.90 Å². The Morgan fingerprint density at radius 1 is 1.07 bits per heavy atom. The Morgan fingerprint density at radius 3 is 2.52 bits per heavy atom. The standard InChI is InChI=1S/C23H17NO4S/c25-17-10-8-16(9-11-17)19-14-28-22(27)24(19)21(26)23(20-7-4-12-29-20)13-18(23)15-5-2-1-3-6-15/h1-13,19,25H,14H2/t19-,23-/m0/s1. The molecule has 1 aliphatic heterocycles. The fraction of sp³-hybridized carbons (Fsp3) is 0.130. The highest BCUT2D eigenvalue weighted by Gasteiger charge is 2.58. The molecule has 2 aliphatic rings. The molecule has 3 aromatic rings. The van der Waals surface area contributed by atoms with Crippen LogP contribution >= 0.6 is 11.3 Å². The largest absolute Gasteiger partial charge is 0.508 e. The van der Waals surface area contributed by atoms with E-state index >= 15 is 0 Å². The minimum atomic E-state index is -0.950. The van der Waals surface area contributed by atoms with E-state index in [4.69, 9.17) is 4.74 Å². The molecule has 2 aromatic carbocycles. The normalized spacial score (nSPS) is 22.9. The number of phenols is 1. The van der Waals surface area contributed by atoms with Gasteiger partial charge in [0.25, 0.3) is 5.91 Å². The highest BCUT2D eigenvalue weighted by molar-refractivity contribution is 7.10. The van der Waals surface area contributed by atoms with Crippen LogP contribution in [0.1, 0.15) is 22.0 Å². The molecule has 1 aliphatic carbocycles. The van der Waals surface area contributed by atoms with E-state index in [0.29, 0.717) is 0 Å². The van der Waals surface area contributed by atoms with Crippen LogP contribution in [0.25, 0.3) is 5.57 Å². The molecule has 5 nitrogen and oxygen atoms in total. The Labute approximate surface area is 171 Å². The SMILES string of the molecule is O=C1OC[C@@H](c2ccc(O)cc2)N1C(=O)[C@@]1(c2cccs2)C=C1c1ccccc1. The van der Waals surface area contributed by atoms with E-state index in [2.05, 4.69) is 0 Å². The van der Waals surface area contributed by atoms with Crippen LogP contribution in [0.5, 0.6) is 5.75 Å². The van der Waals surface area contributed by atoms with E-state index in [1.165, 1.54) is 16.2 Å². The second-order valence-electron chi connectivity index (χ2n) is 7.07. The lowest BCUT2D eigenvalue weighted by atomic mass is 9.91. The van der Waals surface area contributed by atoms with Gasteiger partial charge in [0, 0.05) is 4.88 Å². The molecule has 144 valence electrons. The molecule has 1 N–H and O–H groups in total. The van der Waals surface area contributed by atoms with Crippen LogP contribution in [-0.2, 0) is 14.9 Å². The van der Waals surface area contributed by atoms with Crippen LogP contribution in [0.2, 0.25) is 0 Å². The topological polar surface area (TPSA) is 66.8 Å². The number of ether oxygens (including phenoxy) is 1. The first kappa shape index (κ1) is 17.7. The van der Waals surface area contributed by atoms with Crippen molar-refractivity contribution in [1.29, 1.82) is 0 Å². The number of nitrogens with zero attached hydrogens (tertiary/aromatic N) is 1. The third-order valence-electron chi connectivity index (χ3n) is 5.40. The number of cyclic esters (lactones) is 1. The van der Waals surface area contributed by atoms with Gasteiger partial charge >= 0.3 is 6.09 Å². The number of aromatic hydroxyl groups is 1. The highest BCUT2D eigenvalue weighted by Crippen LogP contribution is 2.56. The molecule has 6 heteroatoms. The molecule has 1 fully saturated rings. The maximum Gasteiger partial charge on any atom is 0.417 e. The van der Waals surface area contributed by atoms with Gasteiger partial charge in [-0.2, -0.15) is 0 Å². The second-order valence-corrected chi connectivity index (χ2v) is 8.02. The Morgan fingerprint density at radius 2 is 1.83 bits per heavy atom. The number of phenolic OH excluding ortho intramolecular Hbond substituents is 1. The van der Waals surface area contributed by atoms with Crippen molar-refractivity contribution in [2.45, 2.75) is 11.5 Å². The minimum absolute atomic E-state index is 0.0938. The number of rotatable bonds is 4. The number of hydrogen-bond donors (Lipinski definition) is 1. The average molecular weight is 403 g/mol. The molecule has 2 amide bonds. The van der Waals surface area contributed by atoms with Crippen molar-refractivity contribution in [3.05, 3.63) is 94.2 Å². The lowest BCUT2D eigenvalue weighted by Crippen LogP contribution is -2.42.